The van der Waals surface area contributed by atoms with Crippen LogP contribution in [0.5, 0.6) is 0 Å². The van der Waals surface area contributed by atoms with Gasteiger partial charge in [0.15, 0.2) is 5.69 Å². The average molecular weight is 370 g/mol. The van der Waals surface area contributed by atoms with Crippen molar-refractivity contribution in [2.45, 2.75) is 12.8 Å². The van der Waals surface area contributed by atoms with E-state index in [1.165, 1.54) is 16.8 Å². The van der Waals surface area contributed by atoms with Gasteiger partial charge in [-0.1, -0.05) is 6.07 Å². The number of aliphatic carboxylic acids is 1. The molecule has 2 aromatic rings. The van der Waals surface area contributed by atoms with Crippen molar-refractivity contribution in [3.8, 4) is 5.69 Å². The van der Waals surface area contributed by atoms with E-state index < -0.39 is 16.8 Å². The molecule has 0 bridgehead atoms. The number of rotatable bonds is 5. The molecule has 0 spiro atoms. The number of non-ortho nitro benzene ring substituents is 1. The minimum absolute atomic E-state index is 0.00492. The largest absolute Gasteiger partial charge is 0.481 e. The molecule has 2 fully saturated rings. The lowest BCUT2D eigenvalue weighted by Gasteiger charge is -2.14. The smallest absolute Gasteiger partial charge is 0.308 e. The van der Waals surface area contributed by atoms with Crippen LogP contribution in [0.4, 0.5) is 5.69 Å². The molecule has 2 atom stereocenters. The van der Waals surface area contributed by atoms with Crippen LogP contribution >= 0.6 is 0 Å². The van der Waals surface area contributed by atoms with Gasteiger partial charge < -0.3 is 10.0 Å². The van der Waals surface area contributed by atoms with E-state index in [1.807, 2.05) is 0 Å². The Hall–Kier alpha value is -3.23. The van der Waals surface area contributed by atoms with Gasteiger partial charge in [0.05, 0.1) is 16.5 Å². The lowest BCUT2D eigenvalue weighted by atomic mass is 9.92. The molecule has 4 rings (SSSR count). The van der Waals surface area contributed by atoms with Crippen molar-refractivity contribution >= 4 is 17.6 Å². The summed E-state index contributed by atoms with van der Waals surface area (Å²) < 4.78 is 1.41. The third-order valence-electron chi connectivity index (χ3n) is 5.31. The molecular formula is C18H18N4O5. The summed E-state index contributed by atoms with van der Waals surface area (Å²) in [6, 6.07) is 7.51. The van der Waals surface area contributed by atoms with E-state index in [0.29, 0.717) is 18.2 Å². The summed E-state index contributed by atoms with van der Waals surface area (Å²) in [5.41, 5.74) is 0.609. The summed E-state index contributed by atoms with van der Waals surface area (Å²) in [5, 5.41) is 24.6. The Morgan fingerprint density at radius 1 is 1.22 bits per heavy atom. The van der Waals surface area contributed by atoms with Gasteiger partial charge in [-0.25, -0.2) is 4.68 Å². The fraction of sp³-hybridized carbons (Fsp3) is 0.389. The van der Waals surface area contributed by atoms with E-state index >= 15 is 0 Å². The third-order valence-corrected chi connectivity index (χ3v) is 5.31. The van der Waals surface area contributed by atoms with E-state index in [2.05, 4.69) is 5.10 Å². The number of amides is 1. The number of nitro benzene ring substituents is 1. The number of nitrogens with zero attached hydrogens (tertiary/aromatic N) is 4. The molecule has 1 amide bonds. The highest BCUT2D eigenvalue weighted by atomic mass is 16.6. The maximum Gasteiger partial charge on any atom is 0.308 e. The minimum Gasteiger partial charge on any atom is -0.481 e. The number of aromatic nitrogens is 2. The highest BCUT2D eigenvalue weighted by molar-refractivity contribution is 5.93. The average Bonchev–Trinajstić information content (AvgIpc) is 3.21. The topological polar surface area (TPSA) is 119 Å². The monoisotopic (exact) mass is 370 g/mol. The van der Waals surface area contributed by atoms with Gasteiger partial charge in [-0.15, -0.1) is 0 Å². The standard InChI is InChI=1S/C18H18N4O5/c23-17(20-9-14(11-4-5-11)15(10-20)18(24)25)16-6-7-21(19-16)12-2-1-3-13(8-12)22(26)27/h1-3,6-8,11,14-15H,4-5,9-10H2,(H,24,25)/t14-,15+/m1/s1. The number of carboxylic acid groups (broad SMARTS) is 1. The first-order valence-electron chi connectivity index (χ1n) is 8.76. The van der Waals surface area contributed by atoms with Gasteiger partial charge in [-0.2, -0.15) is 5.10 Å². The summed E-state index contributed by atoms with van der Waals surface area (Å²) in [4.78, 5) is 36.3. The number of hydrogen-bond donors (Lipinski definition) is 1. The van der Waals surface area contributed by atoms with Crippen molar-refractivity contribution in [3.63, 3.8) is 0 Å². The Balaban J connectivity index is 1.53. The molecule has 9 nitrogen and oxygen atoms in total. The molecule has 1 saturated carbocycles. The van der Waals surface area contributed by atoms with Gasteiger partial charge in [0.25, 0.3) is 11.6 Å². The van der Waals surface area contributed by atoms with Gasteiger partial charge in [0.2, 0.25) is 0 Å². The molecule has 1 N–H and O–H groups in total. The van der Waals surface area contributed by atoms with Crippen molar-refractivity contribution in [1.29, 1.82) is 0 Å². The van der Waals surface area contributed by atoms with E-state index in [0.717, 1.165) is 12.8 Å². The number of nitro groups is 1. The summed E-state index contributed by atoms with van der Waals surface area (Å²) in [6.45, 7) is 0.628. The fourth-order valence-electron chi connectivity index (χ4n) is 3.75. The van der Waals surface area contributed by atoms with Crippen molar-refractivity contribution in [3.05, 3.63) is 52.3 Å². The second kappa shape index (κ2) is 6.49. The molecule has 1 aliphatic carbocycles. The molecule has 1 aromatic carbocycles. The van der Waals surface area contributed by atoms with Crippen LogP contribution < -0.4 is 0 Å². The van der Waals surface area contributed by atoms with E-state index in [1.54, 1.807) is 29.3 Å². The van der Waals surface area contributed by atoms with Crippen molar-refractivity contribution in [2.24, 2.45) is 17.8 Å². The summed E-state index contributed by atoms with van der Waals surface area (Å²) in [5.74, 6) is -1.30. The second-order valence-corrected chi connectivity index (χ2v) is 7.08. The zero-order valence-electron chi connectivity index (χ0n) is 14.4. The van der Waals surface area contributed by atoms with Crippen LogP contribution in [-0.4, -0.2) is 49.7 Å². The fourth-order valence-corrected chi connectivity index (χ4v) is 3.75. The molecule has 1 aromatic heterocycles. The van der Waals surface area contributed by atoms with Crippen molar-refractivity contribution in [2.75, 3.05) is 13.1 Å². The second-order valence-electron chi connectivity index (χ2n) is 7.08. The number of carbonyl (C=O) groups excluding carboxylic acids is 1. The van der Waals surface area contributed by atoms with E-state index in [-0.39, 0.29) is 29.8 Å². The Morgan fingerprint density at radius 2 is 2.00 bits per heavy atom. The van der Waals surface area contributed by atoms with Crippen LogP contribution in [0.25, 0.3) is 5.69 Å². The van der Waals surface area contributed by atoms with Crippen LogP contribution in [0.15, 0.2) is 36.5 Å². The summed E-state index contributed by atoms with van der Waals surface area (Å²) >= 11 is 0. The molecule has 140 valence electrons. The number of likely N-dealkylation sites (tertiary alicyclic amines) is 1. The van der Waals surface area contributed by atoms with Crippen molar-refractivity contribution < 1.29 is 19.6 Å². The minimum atomic E-state index is -0.857. The quantitative estimate of drug-likeness (QED) is 0.635. The molecule has 1 aliphatic heterocycles. The maximum absolute atomic E-state index is 12.8. The van der Waals surface area contributed by atoms with Crippen LogP contribution in [0, 0.1) is 27.9 Å². The predicted molar refractivity (Wildman–Crippen MR) is 93.5 cm³/mol. The normalized spacial score (nSPS) is 22.0. The first-order chi connectivity index (χ1) is 12.9. The highest BCUT2D eigenvalue weighted by Gasteiger charge is 2.47. The molecule has 1 saturated heterocycles. The Morgan fingerprint density at radius 3 is 2.67 bits per heavy atom. The van der Waals surface area contributed by atoms with Gasteiger partial charge in [-0.3, -0.25) is 19.7 Å². The Labute approximate surface area is 154 Å². The number of carbonyl (C=O) groups is 2. The number of hydrogen-bond acceptors (Lipinski definition) is 5. The Bertz CT molecular complexity index is 920. The van der Waals surface area contributed by atoms with Crippen LogP contribution in [-0.2, 0) is 4.79 Å². The molecule has 2 heterocycles. The Kier molecular flexibility index (Phi) is 4.14. The predicted octanol–water partition coefficient (Wildman–Crippen LogP) is 1.96. The highest BCUT2D eigenvalue weighted by Crippen LogP contribution is 2.44. The molecule has 0 radical (unpaired) electrons. The van der Waals surface area contributed by atoms with Crippen LogP contribution in [0.3, 0.4) is 0 Å². The zero-order chi connectivity index (χ0) is 19.1. The van der Waals surface area contributed by atoms with Gasteiger partial charge in [0.1, 0.15) is 0 Å². The SMILES string of the molecule is O=C(O)[C@H]1CN(C(=O)c2ccn(-c3cccc([N+](=O)[O-])c3)n2)C[C@@H]1C1CC1. The van der Waals surface area contributed by atoms with Crippen LogP contribution in [0.2, 0.25) is 0 Å². The van der Waals surface area contributed by atoms with Gasteiger partial charge in [0, 0.05) is 31.4 Å². The van der Waals surface area contributed by atoms with Gasteiger partial charge >= 0.3 is 5.97 Å². The van der Waals surface area contributed by atoms with Gasteiger partial charge in [-0.05, 0) is 36.8 Å². The summed E-state index contributed by atoms with van der Waals surface area (Å²) in [6.07, 6.45) is 3.62. The lowest BCUT2D eigenvalue weighted by molar-refractivity contribution is -0.384. The summed E-state index contributed by atoms with van der Waals surface area (Å²) in [7, 11) is 0. The molecule has 0 unspecified atom stereocenters. The third kappa shape index (κ3) is 3.27. The number of benzene rings is 1. The molecule has 27 heavy (non-hydrogen) atoms. The zero-order valence-corrected chi connectivity index (χ0v) is 14.4. The lowest BCUT2D eigenvalue weighted by Crippen LogP contribution is -2.30. The van der Waals surface area contributed by atoms with E-state index in [4.69, 9.17) is 0 Å². The van der Waals surface area contributed by atoms with Crippen LogP contribution in [0.1, 0.15) is 23.3 Å². The molecule has 2 aliphatic rings. The first kappa shape index (κ1) is 17.2. The maximum atomic E-state index is 12.8. The first-order valence-corrected chi connectivity index (χ1v) is 8.76. The van der Waals surface area contributed by atoms with E-state index in [9.17, 15) is 24.8 Å². The number of carboxylic acids is 1. The molecule has 9 heteroatoms. The van der Waals surface area contributed by atoms with Crippen molar-refractivity contribution in [1.82, 2.24) is 14.7 Å². The molecular weight excluding hydrogens is 352 g/mol.